The van der Waals surface area contributed by atoms with Gasteiger partial charge in [0.15, 0.2) is 5.96 Å². The number of hydrogen-bond donors (Lipinski definition) is 1. The van der Waals surface area contributed by atoms with Crippen LogP contribution in [0.1, 0.15) is 19.4 Å². The van der Waals surface area contributed by atoms with Crippen LogP contribution in [0, 0.1) is 0 Å². The van der Waals surface area contributed by atoms with Crippen molar-refractivity contribution in [1.29, 1.82) is 0 Å². The Morgan fingerprint density at radius 3 is 2.45 bits per heavy atom. The van der Waals surface area contributed by atoms with Crippen molar-refractivity contribution in [1.82, 2.24) is 15.1 Å². The Bertz CT molecular complexity index is 539. The van der Waals surface area contributed by atoms with Crippen molar-refractivity contribution in [3.63, 3.8) is 0 Å². The quantitative estimate of drug-likeness (QED) is 0.683. The van der Waals surface area contributed by atoms with Crippen LogP contribution in [0.3, 0.4) is 0 Å². The normalized spacial score (nSPS) is 15.9. The van der Waals surface area contributed by atoms with E-state index in [0.717, 1.165) is 49.3 Å². The van der Waals surface area contributed by atoms with E-state index < -0.39 is 0 Å². The topological polar surface area (TPSA) is 47.9 Å². The van der Waals surface area contributed by atoms with Gasteiger partial charge in [0.25, 0.3) is 0 Å². The van der Waals surface area contributed by atoms with E-state index in [1.54, 1.807) is 6.92 Å². The number of rotatable bonds is 3. The number of piperazine rings is 1. The lowest BCUT2D eigenvalue weighted by atomic mass is 10.2. The van der Waals surface area contributed by atoms with Gasteiger partial charge in [-0.3, -0.25) is 4.79 Å². The first-order valence-electron chi connectivity index (χ1n) is 7.64. The Balaban J connectivity index is 2.02. The number of carbonyl (C=O) groups is 1. The van der Waals surface area contributed by atoms with Crippen LogP contribution in [0.4, 0.5) is 0 Å². The molecule has 1 fully saturated rings. The highest BCUT2D eigenvalue weighted by molar-refractivity contribution is 6.31. The minimum atomic E-state index is 0.137. The monoisotopic (exact) mass is 322 g/mol. The van der Waals surface area contributed by atoms with Crippen molar-refractivity contribution >= 4 is 23.5 Å². The summed E-state index contributed by atoms with van der Waals surface area (Å²) in [6, 6.07) is 7.76. The number of benzene rings is 1. The Kier molecular flexibility index (Phi) is 6.07. The number of aliphatic imine (C=N–C) groups is 1. The highest BCUT2D eigenvalue weighted by atomic mass is 35.5. The first kappa shape index (κ1) is 16.6. The fraction of sp³-hybridized carbons (Fsp3) is 0.500. The van der Waals surface area contributed by atoms with Crippen molar-refractivity contribution < 1.29 is 4.79 Å². The van der Waals surface area contributed by atoms with Gasteiger partial charge in [0.1, 0.15) is 0 Å². The number of guanidine groups is 1. The highest BCUT2D eigenvalue weighted by Gasteiger charge is 2.20. The van der Waals surface area contributed by atoms with Gasteiger partial charge >= 0.3 is 0 Å². The number of hydrogen-bond acceptors (Lipinski definition) is 2. The molecule has 2 rings (SSSR count). The molecule has 0 aliphatic carbocycles. The zero-order valence-electron chi connectivity index (χ0n) is 13.2. The van der Waals surface area contributed by atoms with Gasteiger partial charge in [0, 0.05) is 44.7 Å². The lowest BCUT2D eigenvalue weighted by molar-refractivity contribution is -0.130. The number of amides is 1. The summed E-state index contributed by atoms with van der Waals surface area (Å²) in [5.41, 5.74) is 1.02. The van der Waals surface area contributed by atoms with Gasteiger partial charge in [-0.1, -0.05) is 29.8 Å². The SMILES string of the molecule is CCNC(=NCc1ccccc1Cl)N1CCN(C(C)=O)CC1. The van der Waals surface area contributed by atoms with Crippen LogP contribution in [-0.2, 0) is 11.3 Å². The van der Waals surface area contributed by atoms with Crippen LogP contribution >= 0.6 is 11.6 Å². The smallest absolute Gasteiger partial charge is 0.219 e. The van der Waals surface area contributed by atoms with E-state index >= 15 is 0 Å². The lowest BCUT2D eigenvalue weighted by Gasteiger charge is -2.36. The fourth-order valence-corrected chi connectivity index (χ4v) is 2.64. The van der Waals surface area contributed by atoms with Gasteiger partial charge in [-0.15, -0.1) is 0 Å². The third-order valence-electron chi connectivity index (χ3n) is 3.72. The van der Waals surface area contributed by atoms with Crippen LogP contribution in [0.25, 0.3) is 0 Å². The zero-order chi connectivity index (χ0) is 15.9. The molecular formula is C16H23ClN4O. The third-order valence-corrected chi connectivity index (χ3v) is 4.09. The number of carbonyl (C=O) groups excluding carboxylic acids is 1. The van der Waals surface area contributed by atoms with Crippen LogP contribution in [-0.4, -0.2) is 54.4 Å². The summed E-state index contributed by atoms with van der Waals surface area (Å²) in [5.74, 6) is 1.02. The van der Waals surface area contributed by atoms with E-state index in [1.807, 2.05) is 29.2 Å². The summed E-state index contributed by atoms with van der Waals surface area (Å²) in [5, 5.41) is 4.05. The minimum Gasteiger partial charge on any atom is -0.357 e. The summed E-state index contributed by atoms with van der Waals surface area (Å²) in [4.78, 5) is 20.1. The molecule has 1 amide bonds. The molecule has 0 atom stereocenters. The molecule has 0 bridgehead atoms. The summed E-state index contributed by atoms with van der Waals surface area (Å²) >= 11 is 6.18. The molecule has 1 N–H and O–H groups in total. The predicted molar refractivity (Wildman–Crippen MR) is 90.1 cm³/mol. The van der Waals surface area contributed by atoms with Crippen LogP contribution in [0.5, 0.6) is 0 Å². The molecule has 0 spiro atoms. The summed E-state index contributed by atoms with van der Waals surface area (Å²) in [6.45, 7) is 8.12. The molecule has 1 saturated heterocycles. The molecule has 1 aromatic carbocycles. The summed E-state index contributed by atoms with van der Waals surface area (Å²) in [6.07, 6.45) is 0. The molecule has 0 radical (unpaired) electrons. The second-order valence-corrected chi connectivity index (χ2v) is 5.66. The van der Waals surface area contributed by atoms with Crippen LogP contribution in [0.15, 0.2) is 29.3 Å². The van der Waals surface area contributed by atoms with Gasteiger partial charge < -0.3 is 15.1 Å². The maximum absolute atomic E-state index is 11.4. The van der Waals surface area contributed by atoms with Gasteiger partial charge in [-0.05, 0) is 18.6 Å². The molecule has 1 heterocycles. The average Bonchev–Trinajstić information content (AvgIpc) is 2.53. The first-order valence-corrected chi connectivity index (χ1v) is 8.01. The summed E-state index contributed by atoms with van der Waals surface area (Å²) in [7, 11) is 0. The second kappa shape index (κ2) is 8.03. The minimum absolute atomic E-state index is 0.137. The van der Waals surface area contributed by atoms with E-state index in [4.69, 9.17) is 11.6 Å². The molecule has 120 valence electrons. The molecule has 0 saturated carbocycles. The standard InChI is InChI=1S/C16H23ClN4O/c1-3-18-16(19-12-14-6-4-5-7-15(14)17)21-10-8-20(9-11-21)13(2)22/h4-7H,3,8-12H2,1-2H3,(H,18,19). The molecule has 1 aliphatic rings. The number of nitrogens with one attached hydrogen (secondary N) is 1. The second-order valence-electron chi connectivity index (χ2n) is 5.25. The fourth-order valence-electron chi connectivity index (χ4n) is 2.45. The maximum Gasteiger partial charge on any atom is 0.219 e. The van der Waals surface area contributed by atoms with Crippen molar-refractivity contribution in [2.75, 3.05) is 32.7 Å². The summed E-state index contributed by atoms with van der Waals surface area (Å²) < 4.78 is 0. The molecule has 1 aliphatic heterocycles. The van der Waals surface area contributed by atoms with Crippen molar-refractivity contribution in [2.24, 2.45) is 4.99 Å². The van der Waals surface area contributed by atoms with Gasteiger partial charge in [0.05, 0.1) is 6.54 Å². The van der Waals surface area contributed by atoms with E-state index in [1.165, 1.54) is 0 Å². The number of nitrogens with zero attached hydrogens (tertiary/aromatic N) is 3. The Morgan fingerprint density at radius 1 is 1.23 bits per heavy atom. The lowest BCUT2D eigenvalue weighted by Crippen LogP contribution is -2.53. The largest absolute Gasteiger partial charge is 0.357 e. The molecule has 1 aromatic rings. The number of halogens is 1. The Morgan fingerprint density at radius 2 is 1.86 bits per heavy atom. The molecule has 0 aromatic heterocycles. The predicted octanol–water partition coefficient (Wildman–Crippen LogP) is 1.97. The van der Waals surface area contributed by atoms with Crippen molar-refractivity contribution in [3.05, 3.63) is 34.9 Å². The van der Waals surface area contributed by atoms with Gasteiger partial charge in [-0.25, -0.2) is 4.99 Å². The maximum atomic E-state index is 11.4. The van der Waals surface area contributed by atoms with E-state index in [0.29, 0.717) is 6.54 Å². The van der Waals surface area contributed by atoms with Crippen molar-refractivity contribution in [2.45, 2.75) is 20.4 Å². The van der Waals surface area contributed by atoms with E-state index in [-0.39, 0.29) is 5.91 Å². The van der Waals surface area contributed by atoms with E-state index in [2.05, 4.69) is 22.1 Å². The van der Waals surface area contributed by atoms with Crippen molar-refractivity contribution in [3.8, 4) is 0 Å². The Hall–Kier alpha value is -1.75. The van der Waals surface area contributed by atoms with Crippen LogP contribution < -0.4 is 5.32 Å². The first-order chi connectivity index (χ1) is 10.6. The average molecular weight is 323 g/mol. The van der Waals surface area contributed by atoms with E-state index in [9.17, 15) is 4.79 Å². The molecule has 6 heteroatoms. The van der Waals surface area contributed by atoms with Crippen LogP contribution in [0.2, 0.25) is 5.02 Å². The zero-order valence-corrected chi connectivity index (χ0v) is 13.9. The Labute approximate surface area is 137 Å². The molecule has 0 unspecified atom stereocenters. The highest BCUT2D eigenvalue weighted by Crippen LogP contribution is 2.16. The molecule has 22 heavy (non-hydrogen) atoms. The van der Waals surface area contributed by atoms with Gasteiger partial charge in [0.2, 0.25) is 5.91 Å². The molecular weight excluding hydrogens is 300 g/mol. The van der Waals surface area contributed by atoms with Gasteiger partial charge in [-0.2, -0.15) is 0 Å². The third kappa shape index (κ3) is 4.37. The molecule has 5 nitrogen and oxygen atoms in total.